The molecule has 0 aliphatic carbocycles. The Hall–Kier alpha value is -2.82. The Kier molecular flexibility index (Phi) is 5.93. The van der Waals surface area contributed by atoms with E-state index < -0.39 is 56.3 Å². The molecule has 162 valence electrons. The summed E-state index contributed by atoms with van der Waals surface area (Å²) in [4.78, 5) is 13.3. The van der Waals surface area contributed by atoms with E-state index in [1.54, 1.807) is 0 Å². The van der Waals surface area contributed by atoms with Gasteiger partial charge in [0.2, 0.25) is 10.0 Å². The van der Waals surface area contributed by atoms with Gasteiger partial charge in [0, 0.05) is 28.9 Å². The molecule has 2 aromatic carbocycles. The third kappa shape index (κ3) is 4.07. The van der Waals surface area contributed by atoms with Crippen molar-refractivity contribution in [1.82, 2.24) is 0 Å². The topological polar surface area (TPSA) is 75.7 Å². The van der Waals surface area contributed by atoms with Gasteiger partial charge in [0.05, 0.1) is 5.69 Å². The van der Waals surface area contributed by atoms with Crippen molar-refractivity contribution < 1.29 is 35.5 Å². The highest BCUT2D eigenvalue weighted by molar-refractivity contribution is 7.91. The van der Waals surface area contributed by atoms with Crippen molar-refractivity contribution in [2.24, 2.45) is 0 Å². The first kappa shape index (κ1) is 21.9. The lowest BCUT2D eigenvalue weighted by atomic mass is 10.1. The summed E-state index contributed by atoms with van der Waals surface area (Å²) in [5.74, 6) is -8.13. The van der Waals surface area contributed by atoms with Gasteiger partial charge in [-0.25, -0.2) is 30.8 Å². The summed E-state index contributed by atoms with van der Waals surface area (Å²) in [5, 5.41) is 0. The molecule has 0 fully saturated rings. The lowest BCUT2D eigenvalue weighted by Crippen LogP contribution is -2.36. The first-order valence-electron chi connectivity index (χ1n) is 8.94. The Bertz CT molecular complexity index is 1090. The first-order valence-corrected chi connectivity index (χ1v) is 10.6. The quantitative estimate of drug-likeness (QED) is 0.529. The second-order valence-corrected chi connectivity index (χ2v) is 8.49. The molecule has 1 aliphatic rings. The van der Waals surface area contributed by atoms with Gasteiger partial charge in [0.25, 0.3) is 0 Å². The number of halogens is 4. The van der Waals surface area contributed by atoms with Gasteiger partial charge in [-0.15, -0.1) is 0 Å². The molecule has 3 rings (SSSR count). The standard InChI is InChI=1S/C19H18F4N2O4S/c1-3-6-25-14-5-4-12(7-11(14)8-29-19(25)26)24-30(27,28)9-13-17(22)15(20)10(2)16(21)18(13)23/h4-5,7,24H,3,6,8-9H2,1-2H3. The lowest BCUT2D eigenvalue weighted by Gasteiger charge is -2.29. The Morgan fingerprint density at radius 3 is 2.33 bits per heavy atom. The molecule has 0 saturated heterocycles. The van der Waals surface area contributed by atoms with Crippen LogP contribution in [0.25, 0.3) is 0 Å². The maximum absolute atomic E-state index is 14.0. The van der Waals surface area contributed by atoms with Gasteiger partial charge < -0.3 is 4.74 Å². The SMILES string of the molecule is CCCN1C(=O)OCc2cc(NS(=O)(=O)Cc3c(F)c(F)c(C)c(F)c3F)ccc21. The third-order valence-corrected chi connectivity index (χ3v) is 5.79. The highest BCUT2D eigenvalue weighted by Gasteiger charge is 2.28. The molecule has 0 saturated carbocycles. The van der Waals surface area contributed by atoms with Crippen LogP contribution in [0.3, 0.4) is 0 Å². The smallest absolute Gasteiger partial charge is 0.414 e. The van der Waals surface area contributed by atoms with E-state index >= 15 is 0 Å². The summed E-state index contributed by atoms with van der Waals surface area (Å²) in [6.45, 7) is 3.04. The number of carbonyl (C=O) groups excluding carboxylic acids is 1. The van der Waals surface area contributed by atoms with Crippen molar-refractivity contribution in [2.45, 2.75) is 32.6 Å². The third-order valence-electron chi connectivity index (χ3n) is 4.57. The molecular formula is C19H18F4N2O4S. The fraction of sp³-hybridized carbons (Fsp3) is 0.316. The van der Waals surface area contributed by atoms with Crippen molar-refractivity contribution in [3.8, 4) is 0 Å². The number of ether oxygens (including phenoxy) is 1. The zero-order valence-electron chi connectivity index (χ0n) is 16.1. The second kappa shape index (κ2) is 8.13. The van der Waals surface area contributed by atoms with Crippen molar-refractivity contribution in [3.05, 3.63) is 58.2 Å². The molecule has 1 N–H and O–H groups in total. The number of sulfonamides is 1. The number of hydrogen-bond acceptors (Lipinski definition) is 4. The summed E-state index contributed by atoms with van der Waals surface area (Å²) < 4.78 is 87.4. The van der Waals surface area contributed by atoms with Crippen LogP contribution in [0, 0.1) is 30.2 Å². The zero-order chi connectivity index (χ0) is 22.2. The van der Waals surface area contributed by atoms with Gasteiger partial charge >= 0.3 is 6.09 Å². The highest BCUT2D eigenvalue weighted by atomic mass is 32.2. The highest BCUT2D eigenvalue weighted by Crippen LogP contribution is 2.31. The van der Waals surface area contributed by atoms with E-state index in [0.29, 0.717) is 24.2 Å². The van der Waals surface area contributed by atoms with Crippen molar-refractivity contribution >= 4 is 27.5 Å². The molecule has 0 atom stereocenters. The summed E-state index contributed by atoms with van der Waals surface area (Å²) >= 11 is 0. The minimum Gasteiger partial charge on any atom is -0.444 e. The van der Waals surface area contributed by atoms with Gasteiger partial charge in [-0.05, 0) is 31.5 Å². The molecule has 0 radical (unpaired) electrons. The number of nitrogens with zero attached hydrogens (tertiary/aromatic N) is 1. The average molecular weight is 446 g/mol. The monoisotopic (exact) mass is 446 g/mol. The van der Waals surface area contributed by atoms with E-state index in [-0.39, 0.29) is 12.3 Å². The first-order chi connectivity index (χ1) is 14.1. The second-order valence-electron chi connectivity index (χ2n) is 6.77. The van der Waals surface area contributed by atoms with Gasteiger partial charge in [-0.2, -0.15) is 0 Å². The maximum Gasteiger partial charge on any atom is 0.414 e. The molecule has 2 aromatic rings. The zero-order valence-corrected chi connectivity index (χ0v) is 16.9. The van der Waals surface area contributed by atoms with Crippen LogP contribution in [0.1, 0.15) is 30.0 Å². The molecular weight excluding hydrogens is 428 g/mol. The van der Waals surface area contributed by atoms with E-state index in [2.05, 4.69) is 4.72 Å². The number of cyclic esters (lactones) is 1. The molecule has 1 amide bonds. The summed E-state index contributed by atoms with van der Waals surface area (Å²) in [7, 11) is -4.42. The van der Waals surface area contributed by atoms with Crippen LogP contribution < -0.4 is 9.62 Å². The molecule has 0 unspecified atom stereocenters. The number of benzene rings is 2. The Morgan fingerprint density at radius 2 is 1.73 bits per heavy atom. The lowest BCUT2D eigenvalue weighted by molar-refractivity contribution is 0.142. The van der Waals surface area contributed by atoms with E-state index in [9.17, 15) is 30.8 Å². The summed E-state index contributed by atoms with van der Waals surface area (Å²) in [6, 6.07) is 4.28. The van der Waals surface area contributed by atoms with Crippen LogP contribution in [0.2, 0.25) is 0 Å². The van der Waals surface area contributed by atoms with Crippen LogP contribution in [-0.2, 0) is 27.1 Å². The molecule has 0 bridgehead atoms. The number of anilines is 2. The Morgan fingerprint density at radius 1 is 1.10 bits per heavy atom. The molecule has 1 heterocycles. The van der Waals surface area contributed by atoms with Crippen molar-refractivity contribution in [3.63, 3.8) is 0 Å². The van der Waals surface area contributed by atoms with E-state index in [0.717, 1.165) is 6.92 Å². The fourth-order valence-electron chi connectivity index (χ4n) is 3.10. The molecule has 0 spiro atoms. The average Bonchev–Trinajstić information content (AvgIpc) is 2.70. The summed E-state index contributed by atoms with van der Waals surface area (Å²) in [5.41, 5.74) is -0.995. The minimum atomic E-state index is -4.42. The van der Waals surface area contributed by atoms with Crippen LogP contribution in [0.15, 0.2) is 18.2 Å². The molecule has 11 heteroatoms. The Balaban J connectivity index is 1.88. The predicted octanol–water partition coefficient (Wildman–Crippen LogP) is 4.36. The van der Waals surface area contributed by atoms with Crippen LogP contribution in [-0.4, -0.2) is 21.1 Å². The predicted molar refractivity (Wildman–Crippen MR) is 102 cm³/mol. The molecule has 30 heavy (non-hydrogen) atoms. The number of hydrogen-bond donors (Lipinski definition) is 1. The normalized spacial score (nSPS) is 13.8. The van der Waals surface area contributed by atoms with Crippen molar-refractivity contribution in [2.75, 3.05) is 16.2 Å². The molecule has 0 aromatic heterocycles. The number of carbonyl (C=O) groups is 1. The number of amides is 1. The molecule has 1 aliphatic heterocycles. The van der Waals surface area contributed by atoms with Crippen molar-refractivity contribution in [1.29, 1.82) is 0 Å². The molecule has 6 nitrogen and oxygen atoms in total. The van der Waals surface area contributed by atoms with E-state index in [4.69, 9.17) is 4.74 Å². The number of nitrogens with one attached hydrogen (secondary N) is 1. The van der Waals surface area contributed by atoms with Crippen LogP contribution in [0.5, 0.6) is 0 Å². The number of fused-ring (bicyclic) bond motifs is 1. The maximum atomic E-state index is 14.0. The minimum absolute atomic E-state index is 0.0389. The van der Waals surface area contributed by atoms with E-state index in [1.165, 1.54) is 23.1 Å². The van der Waals surface area contributed by atoms with Gasteiger partial charge in [0.1, 0.15) is 12.4 Å². The van der Waals surface area contributed by atoms with Gasteiger partial charge in [-0.1, -0.05) is 6.92 Å². The van der Waals surface area contributed by atoms with Gasteiger partial charge in [0.15, 0.2) is 23.3 Å². The Labute approximate surface area is 170 Å². The van der Waals surface area contributed by atoms with Crippen LogP contribution in [0.4, 0.5) is 33.7 Å². The fourth-order valence-corrected chi connectivity index (χ4v) is 4.29. The van der Waals surface area contributed by atoms with Crippen LogP contribution >= 0.6 is 0 Å². The van der Waals surface area contributed by atoms with E-state index in [1.807, 2.05) is 6.92 Å². The van der Waals surface area contributed by atoms with Gasteiger partial charge in [-0.3, -0.25) is 9.62 Å². The largest absolute Gasteiger partial charge is 0.444 e. The summed E-state index contributed by atoms with van der Waals surface area (Å²) in [6.07, 6.45) is 0.149. The number of rotatable bonds is 6.